The van der Waals surface area contributed by atoms with Crippen molar-refractivity contribution in [3.8, 4) is 0 Å². The average Bonchev–Trinajstić information content (AvgIpc) is 2.96. The molecule has 0 unspecified atom stereocenters. The Hall–Kier alpha value is -3.95. The summed E-state index contributed by atoms with van der Waals surface area (Å²) in [4.78, 5) is 60.2. The molecule has 0 radical (unpaired) electrons. The topological polar surface area (TPSA) is 124 Å². The molecule has 1 aliphatic heterocycles. The quantitative estimate of drug-likeness (QED) is 0.239. The number of imide groups is 1. The van der Waals surface area contributed by atoms with E-state index in [9.17, 15) is 33.7 Å². The summed E-state index contributed by atoms with van der Waals surface area (Å²) >= 11 is 0. The lowest BCUT2D eigenvalue weighted by molar-refractivity contribution is -0.385. The number of benzene rings is 2. The van der Waals surface area contributed by atoms with Gasteiger partial charge in [-0.25, -0.2) is 9.18 Å². The molecule has 9 nitrogen and oxygen atoms in total. The van der Waals surface area contributed by atoms with Crippen LogP contribution < -0.4 is 0 Å². The van der Waals surface area contributed by atoms with E-state index in [1.807, 2.05) is 0 Å². The zero-order chi connectivity index (χ0) is 21.3. The van der Waals surface area contributed by atoms with Crippen molar-refractivity contribution in [2.24, 2.45) is 0 Å². The number of Topliss-reactive ketones (excluding diaryl/α,β-unsaturated/α-hetero) is 1. The molecular formula is C19H13FN2O7. The lowest BCUT2D eigenvalue weighted by Gasteiger charge is -2.20. The summed E-state index contributed by atoms with van der Waals surface area (Å²) in [6.07, 6.45) is 0. The molecular weight excluding hydrogens is 387 g/mol. The third-order valence-electron chi connectivity index (χ3n) is 4.36. The Bertz CT molecular complexity index is 1050. The maximum atomic E-state index is 12.9. The van der Waals surface area contributed by atoms with Crippen molar-refractivity contribution in [2.75, 3.05) is 6.61 Å². The van der Waals surface area contributed by atoms with E-state index in [0.29, 0.717) is 4.90 Å². The molecule has 0 fully saturated rings. The molecule has 0 spiro atoms. The summed E-state index contributed by atoms with van der Waals surface area (Å²) < 4.78 is 17.8. The number of esters is 1. The van der Waals surface area contributed by atoms with Gasteiger partial charge in [0.1, 0.15) is 17.4 Å². The van der Waals surface area contributed by atoms with Crippen LogP contribution in [-0.2, 0) is 9.53 Å². The van der Waals surface area contributed by atoms with Gasteiger partial charge in [0.25, 0.3) is 17.5 Å². The molecule has 1 aliphatic rings. The van der Waals surface area contributed by atoms with Crippen molar-refractivity contribution < 1.29 is 33.2 Å². The fourth-order valence-electron chi connectivity index (χ4n) is 2.87. The van der Waals surface area contributed by atoms with Crippen LogP contribution in [0.5, 0.6) is 0 Å². The molecule has 0 saturated carbocycles. The van der Waals surface area contributed by atoms with E-state index >= 15 is 0 Å². The number of ketones is 1. The minimum Gasteiger partial charge on any atom is -0.456 e. The molecule has 0 aliphatic carbocycles. The van der Waals surface area contributed by atoms with Crippen LogP contribution >= 0.6 is 0 Å². The number of ether oxygens (including phenoxy) is 1. The first-order valence-corrected chi connectivity index (χ1v) is 8.33. The maximum absolute atomic E-state index is 12.9. The number of nitro groups is 1. The highest BCUT2D eigenvalue weighted by Gasteiger charge is 2.45. The minimum absolute atomic E-state index is 0.114. The van der Waals surface area contributed by atoms with Crippen molar-refractivity contribution in [1.29, 1.82) is 0 Å². The van der Waals surface area contributed by atoms with Gasteiger partial charge in [0, 0.05) is 11.6 Å². The van der Waals surface area contributed by atoms with Crippen LogP contribution in [0.25, 0.3) is 0 Å². The van der Waals surface area contributed by atoms with Gasteiger partial charge in [-0.1, -0.05) is 6.07 Å². The fourth-order valence-corrected chi connectivity index (χ4v) is 2.87. The average molecular weight is 400 g/mol. The normalized spacial score (nSPS) is 13.8. The molecule has 29 heavy (non-hydrogen) atoms. The summed E-state index contributed by atoms with van der Waals surface area (Å²) in [5.74, 6) is -4.05. The second-order valence-electron chi connectivity index (χ2n) is 6.15. The fraction of sp³-hybridized carbons (Fsp3) is 0.158. The second-order valence-corrected chi connectivity index (χ2v) is 6.15. The SMILES string of the molecule is C[C@H](C(=O)OCC(=O)c1ccc(F)cc1)N1C(=O)c2cccc([N+](=O)[O-])c2C1=O. The first-order valence-electron chi connectivity index (χ1n) is 8.33. The number of nitro benzene ring substituents is 1. The van der Waals surface area contributed by atoms with Crippen LogP contribution in [0, 0.1) is 15.9 Å². The lowest BCUT2D eigenvalue weighted by atomic mass is 10.1. The Morgan fingerprint density at radius 3 is 2.41 bits per heavy atom. The van der Waals surface area contributed by atoms with Gasteiger partial charge in [0.2, 0.25) is 0 Å². The van der Waals surface area contributed by atoms with Crippen LogP contribution in [0.4, 0.5) is 10.1 Å². The number of hydrogen-bond acceptors (Lipinski definition) is 7. The van der Waals surface area contributed by atoms with Gasteiger partial charge >= 0.3 is 5.97 Å². The van der Waals surface area contributed by atoms with Crippen molar-refractivity contribution in [2.45, 2.75) is 13.0 Å². The third-order valence-corrected chi connectivity index (χ3v) is 4.36. The predicted octanol–water partition coefficient (Wildman–Crippen LogP) is 2.14. The van der Waals surface area contributed by atoms with Crippen LogP contribution in [0.3, 0.4) is 0 Å². The highest BCUT2D eigenvalue weighted by Crippen LogP contribution is 2.32. The highest BCUT2D eigenvalue weighted by atomic mass is 19.1. The molecule has 3 rings (SSSR count). The summed E-state index contributed by atoms with van der Waals surface area (Å²) in [6, 6.07) is 6.76. The monoisotopic (exact) mass is 400 g/mol. The molecule has 148 valence electrons. The van der Waals surface area contributed by atoms with E-state index in [1.165, 1.54) is 31.2 Å². The number of halogens is 1. The largest absolute Gasteiger partial charge is 0.456 e. The molecule has 0 aromatic heterocycles. The number of nitrogens with zero attached hydrogens (tertiary/aromatic N) is 2. The standard InChI is InChI=1S/C19H13FN2O7/c1-10(19(26)29-9-15(23)11-5-7-12(20)8-6-11)21-17(24)13-3-2-4-14(22(27)28)16(13)18(21)25/h2-8,10H,9H2,1H3/t10-/m1/s1. The Kier molecular flexibility index (Phi) is 5.18. The van der Waals surface area contributed by atoms with Gasteiger partial charge < -0.3 is 4.74 Å². The van der Waals surface area contributed by atoms with Gasteiger partial charge in [-0.2, -0.15) is 0 Å². The van der Waals surface area contributed by atoms with Gasteiger partial charge in [0.05, 0.1) is 10.5 Å². The number of carbonyl (C=O) groups is 4. The van der Waals surface area contributed by atoms with Crippen molar-refractivity contribution >= 4 is 29.3 Å². The van der Waals surface area contributed by atoms with Crippen LogP contribution in [0.15, 0.2) is 42.5 Å². The first-order chi connectivity index (χ1) is 13.7. The summed E-state index contributed by atoms with van der Waals surface area (Å²) in [5, 5.41) is 11.1. The Morgan fingerprint density at radius 2 is 1.79 bits per heavy atom. The van der Waals surface area contributed by atoms with E-state index in [2.05, 4.69) is 0 Å². The van der Waals surface area contributed by atoms with E-state index in [-0.39, 0.29) is 11.1 Å². The number of amides is 2. The Morgan fingerprint density at radius 1 is 1.14 bits per heavy atom. The molecule has 2 aromatic rings. The number of fused-ring (bicyclic) bond motifs is 1. The minimum atomic E-state index is -1.41. The zero-order valence-electron chi connectivity index (χ0n) is 15.0. The summed E-state index contributed by atoms with van der Waals surface area (Å²) in [7, 11) is 0. The van der Waals surface area contributed by atoms with Crippen LogP contribution in [0.2, 0.25) is 0 Å². The molecule has 0 saturated heterocycles. The van der Waals surface area contributed by atoms with E-state index < -0.39 is 58.2 Å². The molecule has 1 heterocycles. The molecule has 2 amide bonds. The number of carbonyl (C=O) groups excluding carboxylic acids is 4. The van der Waals surface area contributed by atoms with E-state index in [0.717, 1.165) is 18.2 Å². The molecule has 0 bridgehead atoms. The van der Waals surface area contributed by atoms with Crippen molar-refractivity contribution in [3.05, 3.63) is 75.1 Å². The first kappa shape index (κ1) is 19.8. The predicted molar refractivity (Wildman–Crippen MR) is 94.7 cm³/mol. The van der Waals surface area contributed by atoms with Gasteiger partial charge in [-0.3, -0.25) is 29.4 Å². The number of rotatable bonds is 6. The Labute approximate surface area is 162 Å². The van der Waals surface area contributed by atoms with Crippen LogP contribution in [0.1, 0.15) is 38.0 Å². The third kappa shape index (κ3) is 3.59. The Balaban J connectivity index is 1.73. The molecule has 0 N–H and O–H groups in total. The zero-order valence-corrected chi connectivity index (χ0v) is 15.0. The maximum Gasteiger partial charge on any atom is 0.329 e. The molecule has 10 heteroatoms. The van der Waals surface area contributed by atoms with Gasteiger partial charge in [-0.05, 0) is 37.3 Å². The lowest BCUT2D eigenvalue weighted by Crippen LogP contribution is -2.44. The highest BCUT2D eigenvalue weighted by molar-refractivity contribution is 6.24. The summed E-state index contributed by atoms with van der Waals surface area (Å²) in [6.45, 7) is 0.524. The van der Waals surface area contributed by atoms with Gasteiger partial charge in [-0.15, -0.1) is 0 Å². The second kappa shape index (κ2) is 7.58. The van der Waals surface area contributed by atoms with E-state index in [4.69, 9.17) is 4.74 Å². The van der Waals surface area contributed by atoms with Crippen molar-refractivity contribution in [3.63, 3.8) is 0 Å². The smallest absolute Gasteiger partial charge is 0.329 e. The van der Waals surface area contributed by atoms with Crippen molar-refractivity contribution in [1.82, 2.24) is 4.90 Å². The van der Waals surface area contributed by atoms with Gasteiger partial charge in [0.15, 0.2) is 12.4 Å². The molecule has 2 aromatic carbocycles. The van der Waals surface area contributed by atoms with Crippen LogP contribution in [-0.4, -0.2) is 46.0 Å². The number of hydrogen-bond donors (Lipinski definition) is 0. The summed E-state index contributed by atoms with van der Waals surface area (Å²) in [5.41, 5.74) is -1.02. The molecule has 1 atom stereocenters. The van der Waals surface area contributed by atoms with E-state index in [1.54, 1.807) is 0 Å².